The molecule has 0 saturated heterocycles. The van der Waals surface area contributed by atoms with Crippen LogP contribution in [-0.4, -0.2) is 18.0 Å². The van der Waals surface area contributed by atoms with Crippen molar-refractivity contribution in [2.45, 2.75) is 37.2 Å². The Morgan fingerprint density at radius 2 is 1.69 bits per heavy atom. The smallest absolute Gasteiger partial charge is 0.264 e. The average Bonchev–Trinajstić information content (AvgIpc) is 3.35. The summed E-state index contributed by atoms with van der Waals surface area (Å²) in [6, 6.07) is 11.1. The first-order chi connectivity index (χ1) is 17.2. The van der Waals surface area contributed by atoms with E-state index < -0.39 is 39.2 Å². The Bertz CT molecular complexity index is 1450. The Labute approximate surface area is 212 Å². The molecule has 0 aliphatic carbocycles. The van der Waals surface area contributed by atoms with Crippen LogP contribution in [0, 0.1) is 17.5 Å². The van der Waals surface area contributed by atoms with Gasteiger partial charge in [-0.05, 0) is 79.4 Å². The number of anilines is 1. The average molecular weight is 534 g/mol. The van der Waals surface area contributed by atoms with Crippen LogP contribution >= 0.6 is 11.6 Å². The van der Waals surface area contributed by atoms with Crippen LogP contribution in [0.3, 0.4) is 0 Å². The second-order valence-corrected chi connectivity index (χ2v) is 10.5. The molecule has 0 fully saturated rings. The first kappa shape index (κ1) is 25.8. The van der Waals surface area contributed by atoms with Gasteiger partial charge in [0, 0.05) is 30.0 Å². The molecule has 1 heterocycles. The summed E-state index contributed by atoms with van der Waals surface area (Å²) in [5.74, 6) is -2.19. The Hall–Kier alpha value is -3.30. The van der Waals surface area contributed by atoms with Crippen LogP contribution in [0.2, 0.25) is 5.02 Å². The normalized spacial score (nSPS) is 12.5. The number of aryl methyl sites for hydroxylation is 2. The molecule has 3 aromatic carbocycles. The number of hydrogen-bond acceptors (Lipinski definition) is 3. The van der Waals surface area contributed by atoms with Crippen molar-refractivity contribution < 1.29 is 21.6 Å². The van der Waals surface area contributed by atoms with Gasteiger partial charge in [-0.15, -0.1) is 0 Å². The van der Waals surface area contributed by atoms with Crippen molar-refractivity contribution in [2.24, 2.45) is 0 Å². The number of halogens is 4. The maximum Gasteiger partial charge on any atom is 0.264 e. The topological polar surface area (TPSA) is 55.2 Å². The van der Waals surface area contributed by atoms with Crippen LogP contribution in [-0.2, 0) is 23.0 Å². The first-order valence-corrected chi connectivity index (χ1v) is 13.0. The molecule has 4 rings (SSSR count). The van der Waals surface area contributed by atoms with E-state index >= 15 is 0 Å². The molecule has 1 atom stereocenters. The number of benzene rings is 3. The minimum absolute atomic E-state index is 0.147. The maximum absolute atomic E-state index is 15.0. The molecular formula is C26H23ClF3N3O2S. The summed E-state index contributed by atoms with van der Waals surface area (Å²) >= 11 is 5.92. The maximum atomic E-state index is 15.0. The Kier molecular flexibility index (Phi) is 7.70. The zero-order chi connectivity index (χ0) is 25.9. The quantitative estimate of drug-likeness (QED) is 0.245. The van der Waals surface area contributed by atoms with Gasteiger partial charge in [-0.3, -0.25) is 4.31 Å². The zero-order valence-corrected chi connectivity index (χ0v) is 20.9. The summed E-state index contributed by atoms with van der Waals surface area (Å²) in [4.78, 5) is 3.85. The Morgan fingerprint density at radius 3 is 2.39 bits per heavy atom. The van der Waals surface area contributed by atoms with Gasteiger partial charge < -0.3 is 4.57 Å². The number of nitrogens with zero attached hydrogens (tertiary/aromatic N) is 3. The van der Waals surface area contributed by atoms with E-state index in [4.69, 9.17) is 11.6 Å². The minimum Gasteiger partial charge on any atom is -0.337 e. The number of hydrogen-bond donors (Lipinski definition) is 0. The zero-order valence-electron chi connectivity index (χ0n) is 19.3. The van der Waals surface area contributed by atoms with E-state index in [-0.39, 0.29) is 4.90 Å². The van der Waals surface area contributed by atoms with Gasteiger partial charge in [-0.1, -0.05) is 17.7 Å². The van der Waals surface area contributed by atoms with Crippen LogP contribution in [0.15, 0.2) is 84.3 Å². The molecule has 0 aliphatic heterocycles. The van der Waals surface area contributed by atoms with E-state index in [9.17, 15) is 21.6 Å². The lowest BCUT2D eigenvalue weighted by atomic mass is 9.97. The van der Waals surface area contributed by atoms with Crippen molar-refractivity contribution in [1.82, 2.24) is 9.55 Å². The standard InChI is InChI=1S/C26H23ClF3N3O2S/c1-18(24-10-6-21(28)15-19(24)3-2-13-32-14-12-31-17-32)33(26-16-22(29)7-11-25(26)30)36(34,35)23-8-4-20(27)5-9-23/h4-12,14-18H,2-3,13H2,1H3. The second kappa shape index (κ2) is 10.8. The molecule has 4 aromatic rings. The fourth-order valence-electron chi connectivity index (χ4n) is 4.12. The van der Waals surface area contributed by atoms with Crippen LogP contribution in [0.4, 0.5) is 18.9 Å². The van der Waals surface area contributed by atoms with Gasteiger partial charge in [0.05, 0.1) is 23.0 Å². The van der Waals surface area contributed by atoms with Crippen molar-refractivity contribution in [3.63, 3.8) is 0 Å². The van der Waals surface area contributed by atoms with Crippen molar-refractivity contribution >= 4 is 27.3 Å². The monoisotopic (exact) mass is 533 g/mol. The van der Waals surface area contributed by atoms with E-state index in [1.165, 1.54) is 42.5 Å². The van der Waals surface area contributed by atoms with Gasteiger partial charge in [0.2, 0.25) is 0 Å². The molecule has 1 unspecified atom stereocenters. The molecule has 10 heteroatoms. The molecule has 36 heavy (non-hydrogen) atoms. The van der Waals surface area contributed by atoms with Crippen LogP contribution in [0.5, 0.6) is 0 Å². The van der Waals surface area contributed by atoms with E-state index in [1.807, 2.05) is 10.8 Å². The highest BCUT2D eigenvalue weighted by Crippen LogP contribution is 2.37. The molecule has 0 spiro atoms. The number of sulfonamides is 1. The van der Waals surface area contributed by atoms with Crippen molar-refractivity contribution in [3.05, 3.63) is 113 Å². The van der Waals surface area contributed by atoms with Gasteiger partial charge in [0.15, 0.2) is 0 Å². The number of rotatable bonds is 9. The van der Waals surface area contributed by atoms with Crippen LogP contribution in [0.1, 0.15) is 30.5 Å². The first-order valence-electron chi connectivity index (χ1n) is 11.2. The van der Waals surface area contributed by atoms with E-state index in [0.717, 1.165) is 22.5 Å². The second-order valence-electron chi connectivity index (χ2n) is 8.27. The molecule has 0 amide bonds. The largest absolute Gasteiger partial charge is 0.337 e. The summed E-state index contributed by atoms with van der Waals surface area (Å²) in [7, 11) is -4.38. The van der Waals surface area contributed by atoms with Crippen molar-refractivity contribution in [1.29, 1.82) is 0 Å². The van der Waals surface area contributed by atoms with E-state index in [1.54, 1.807) is 19.4 Å². The lowest BCUT2D eigenvalue weighted by Gasteiger charge is -2.32. The highest BCUT2D eigenvalue weighted by molar-refractivity contribution is 7.92. The SMILES string of the molecule is CC(c1ccc(F)cc1CCCn1ccnc1)N(c1cc(F)ccc1F)S(=O)(=O)c1ccc(Cl)cc1. The molecule has 0 bridgehead atoms. The molecule has 0 radical (unpaired) electrons. The molecule has 0 aliphatic rings. The van der Waals surface area contributed by atoms with Crippen LogP contribution in [0.25, 0.3) is 0 Å². The number of aromatic nitrogens is 2. The Balaban J connectivity index is 1.78. The van der Waals surface area contributed by atoms with Crippen molar-refractivity contribution in [3.8, 4) is 0 Å². The fourth-order valence-corrected chi connectivity index (χ4v) is 5.88. The lowest BCUT2D eigenvalue weighted by molar-refractivity contribution is 0.568. The summed E-state index contributed by atoms with van der Waals surface area (Å²) < 4.78 is 73.6. The van der Waals surface area contributed by atoms with Gasteiger partial charge in [0.25, 0.3) is 10.0 Å². The molecular weight excluding hydrogens is 511 g/mol. The third-order valence-corrected chi connectivity index (χ3v) is 8.00. The highest BCUT2D eigenvalue weighted by atomic mass is 35.5. The van der Waals surface area contributed by atoms with Crippen LogP contribution < -0.4 is 4.31 Å². The highest BCUT2D eigenvalue weighted by Gasteiger charge is 2.33. The summed E-state index contributed by atoms with van der Waals surface area (Å²) in [6.45, 7) is 2.18. The summed E-state index contributed by atoms with van der Waals surface area (Å²) in [6.07, 6.45) is 6.18. The summed E-state index contributed by atoms with van der Waals surface area (Å²) in [5, 5.41) is 0.323. The van der Waals surface area contributed by atoms with Gasteiger partial charge >= 0.3 is 0 Å². The molecule has 0 saturated carbocycles. The minimum atomic E-state index is -4.38. The third-order valence-electron chi connectivity index (χ3n) is 5.84. The van der Waals surface area contributed by atoms with E-state index in [2.05, 4.69) is 4.98 Å². The third kappa shape index (κ3) is 5.57. The molecule has 188 valence electrons. The van der Waals surface area contributed by atoms with Gasteiger partial charge in [0.1, 0.15) is 17.5 Å². The predicted octanol–water partition coefficient (Wildman–Crippen LogP) is 6.54. The van der Waals surface area contributed by atoms with Gasteiger partial charge in [-0.25, -0.2) is 26.6 Å². The van der Waals surface area contributed by atoms with Gasteiger partial charge in [-0.2, -0.15) is 0 Å². The Morgan fingerprint density at radius 1 is 1.00 bits per heavy atom. The van der Waals surface area contributed by atoms with Crippen molar-refractivity contribution in [2.75, 3.05) is 4.31 Å². The fraction of sp³-hybridized carbons (Fsp3) is 0.192. The molecule has 5 nitrogen and oxygen atoms in total. The lowest BCUT2D eigenvalue weighted by Crippen LogP contribution is -2.35. The van der Waals surface area contributed by atoms with E-state index in [0.29, 0.717) is 35.5 Å². The summed E-state index contributed by atoms with van der Waals surface area (Å²) in [5.41, 5.74) is 0.588. The molecule has 1 aromatic heterocycles. The predicted molar refractivity (Wildman–Crippen MR) is 133 cm³/mol. The molecule has 0 N–H and O–H groups in total. The number of imidazole rings is 1.